The van der Waals surface area contributed by atoms with Crippen LogP contribution in [0, 0.1) is 0 Å². The molecule has 6 nitrogen and oxygen atoms in total. The molecule has 0 fully saturated rings. The number of amidine groups is 1. The van der Waals surface area contributed by atoms with Gasteiger partial charge in [-0.05, 0) is 30.3 Å². The van der Waals surface area contributed by atoms with Crippen molar-refractivity contribution in [2.75, 3.05) is 27.1 Å². The van der Waals surface area contributed by atoms with Gasteiger partial charge < -0.3 is 25.7 Å². The zero-order valence-corrected chi connectivity index (χ0v) is 12.8. The van der Waals surface area contributed by atoms with Crippen LogP contribution in [-0.2, 0) is 0 Å². The van der Waals surface area contributed by atoms with Crippen LogP contribution >= 0.6 is 0 Å². The number of benzene rings is 2. The number of hydrogen-bond acceptors (Lipinski definition) is 5. The van der Waals surface area contributed by atoms with Crippen LogP contribution in [0.25, 0.3) is 0 Å². The third kappa shape index (κ3) is 3.22. The number of ether oxygens (including phenoxy) is 3. The third-order valence-corrected chi connectivity index (χ3v) is 3.15. The molecule has 4 N–H and O–H groups in total. The summed E-state index contributed by atoms with van der Waals surface area (Å²) in [6, 6.07) is 10.6. The highest BCUT2D eigenvalue weighted by Gasteiger charge is 2.12. The Morgan fingerprint density at radius 2 is 1.50 bits per heavy atom. The molecule has 0 amide bonds. The summed E-state index contributed by atoms with van der Waals surface area (Å²) in [5, 5.41) is 0. The van der Waals surface area contributed by atoms with E-state index in [4.69, 9.17) is 25.7 Å². The molecular formula is C16H19N3O3. The summed E-state index contributed by atoms with van der Waals surface area (Å²) in [4.78, 5) is 4.36. The number of methoxy groups -OCH3 is 3. The molecule has 116 valence electrons. The first-order chi connectivity index (χ1) is 10.6. The van der Waals surface area contributed by atoms with Gasteiger partial charge in [0.2, 0.25) is 0 Å². The predicted molar refractivity (Wildman–Crippen MR) is 87.3 cm³/mol. The van der Waals surface area contributed by atoms with E-state index in [0.717, 1.165) is 5.75 Å². The number of rotatable bonds is 5. The van der Waals surface area contributed by atoms with Crippen molar-refractivity contribution in [3.8, 4) is 17.2 Å². The van der Waals surface area contributed by atoms with E-state index in [1.54, 1.807) is 33.5 Å². The maximum absolute atomic E-state index is 6.06. The molecule has 0 unspecified atom stereocenters. The quantitative estimate of drug-likeness (QED) is 0.502. The van der Waals surface area contributed by atoms with E-state index in [9.17, 15) is 0 Å². The van der Waals surface area contributed by atoms with Gasteiger partial charge >= 0.3 is 0 Å². The van der Waals surface area contributed by atoms with Gasteiger partial charge in [-0.3, -0.25) is 0 Å². The lowest BCUT2D eigenvalue weighted by Crippen LogP contribution is -2.15. The SMILES string of the molecule is COc1ccc(N=C(N)c2cc(OC)c(OC)cc2N)cc1. The van der Waals surface area contributed by atoms with E-state index in [1.165, 1.54) is 0 Å². The van der Waals surface area contributed by atoms with Crippen molar-refractivity contribution < 1.29 is 14.2 Å². The monoisotopic (exact) mass is 301 g/mol. The summed E-state index contributed by atoms with van der Waals surface area (Å²) in [5.41, 5.74) is 13.8. The fourth-order valence-electron chi connectivity index (χ4n) is 1.97. The molecule has 0 saturated carbocycles. The average molecular weight is 301 g/mol. The predicted octanol–water partition coefficient (Wildman–Crippen LogP) is 2.33. The van der Waals surface area contributed by atoms with E-state index in [0.29, 0.717) is 34.3 Å². The van der Waals surface area contributed by atoms with Crippen molar-refractivity contribution >= 4 is 17.2 Å². The van der Waals surface area contributed by atoms with Crippen LogP contribution in [0.15, 0.2) is 41.4 Å². The molecule has 0 aliphatic rings. The number of anilines is 1. The summed E-state index contributed by atoms with van der Waals surface area (Å²) < 4.78 is 15.6. The van der Waals surface area contributed by atoms with Crippen LogP contribution < -0.4 is 25.7 Å². The zero-order chi connectivity index (χ0) is 16.1. The molecule has 0 spiro atoms. The number of nitrogen functional groups attached to an aromatic ring is 1. The summed E-state index contributed by atoms with van der Waals surface area (Å²) in [7, 11) is 4.71. The van der Waals surface area contributed by atoms with Gasteiger partial charge in [-0.2, -0.15) is 0 Å². The van der Waals surface area contributed by atoms with Gasteiger partial charge in [0.25, 0.3) is 0 Å². The number of hydrogen-bond donors (Lipinski definition) is 2. The van der Waals surface area contributed by atoms with Gasteiger partial charge in [-0.15, -0.1) is 0 Å². The highest BCUT2D eigenvalue weighted by Crippen LogP contribution is 2.32. The molecule has 2 aromatic carbocycles. The molecule has 0 aliphatic heterocycles. The summed E-state index contributed by atoms with van der Waals surface area (Å²) in [5.74, 6) is 2.13. The van der Waals surface area contributed by atoms with Crippen molar-refractivity contribution in [2.24, 2.45) is 10.7 Å². The first-order valence-corrected chi connectivity index (χ1v) is 6.59. The number of nitrogens with zero attached hydrogens (tertiary/aromatic N) is 1. The van der Waals surface area contributed by atoms with Gasteiger partial charge in [-0.1, -0.05) is 0 Å². The van der Waals surface area contributed by atoms with Gasteiger partial charge in [0.05, 0.1) is 27.0 Å². The molecule has 0 aromatic heterocycles. The van der Waals surface area contributed by atoms with E-state index in [2.05, 4.69) is 4.99 Å². The van der Waals surface area contributed by atoms with Crippen LogP contribution in [0.5, 0.6) is 17.2 Å². The molecule has 2 aromatic rings. The van der Waals surface area contributed by atoms with Crippen molar-refractivity contribution in [1.82, 2.24) is 0 Å². The van der Waals surface area contributed by atoms with E-state index >= 15 is 0 Å². The van der Waals surface area contributed by atoms with Crippen LogP contribution in [0.3, 0.4) is 0 Å². The fraction of sp³-hybridized carbons (Fsp3) is 0.188. The smallest absolute Gasteiger partial charge is 0.162 e. The second-order valence-corrected chi connectivity index (χ2v) is 4.49. The lowest BCUT2D eigenvalue weighted by molar-refractivity contribution is 0.355. The second-order valence-electron chi connectivity index (χ2n) is 4.49. The summed E-state index contributed by atoms with van der Waals surface area (Å²) >= 11 is 0. The van der Waals surface area contributed by atoms with Crippen LogP contribution in [0.4, 0.5) is 11.4 Å². The van der Waals surface area contributed by atoms with Crippen molar-refractivity contribution in [3.05, 3.63) is 42.0 Å². The Labute approximate surface area is 129 Å². The first kappa shape index (κ1) is 15.5. The standard InChI is InChI=1S/C16H19N3O3/c1-20-11-6-4-10(5-7-11)19-16(18)12-8-14(21-2)15(22-3)9-13(12)17/h4-9H,17H2,1-3H3,(H2,18,19). The van der Waals surface area contributed by atoms with E-state index < -0.39 is 0 Å². The fourth-order valence-corrected chi connectivity index (χ4v) is 1.97. The Balaban J connectivity index is 2.38. The van der Waals surface area contributed by atoms with E-state index in [-0.39, 0.29) is 0 Å². The third-order valence-electron chi connectivity index (χ3n) is 3.15. The lowest BCUT2D eigenvalue weighted by Gasteiger charge is -2.12. The molecule has 0 atom stereocenters. The molecule has 0 aliphatic carbocycles. The first-order valence-electron chi connectivity index (χ1n) is 6.59. The second kappa shape index (κ2) is 6.71. The molecule has 0 radical (unpaired) electrons. The molecule has 0 heterocycles. The van der Waals surface area contributed by atoms with Crippen molar-refractivity contribution in [3.63, 3.8) is 0 Å². The lowest BCUT2D eigenvalue weighted by atomic mass is 10.1. The largest absolute Gasteiger partial charge is 0.497 e. The van der Waals surface area contributed by atoms with Crippen LogP contribution in [-0.4, -0.2) is 27.2 Å². The van der Waals surface area contributed by atoms with Gasteiger partial charge in [0.1, 0.15) is 11.6 Å². The Kier molecular flexibility index (Phi) is 4.73. The average Bonchev–Trinajstić information content (AvgIpc) is 2.55. The number of nitrogens with two attached hydrogens (primary N) is 2. The van der Waals surface area contributed by atoms with Gasteiger partial charge in [0, 0.05) is 17.3 Å². The maximum atomic E-state index is 6.06. The highest BCUT2D eigenvalue weighted by atomic mass is 16.5. The normalized spacial score (nSPS) is 11.1. The van der Waals surface area contributed by atoms with Crippen molar-refractivity contribution in [2.45, 2.75) is 0 Å². The van der Waals surface area contributed by atoms with Crippen molar-refractivity contribution in [1.29, 1.82) is 0 Å². The topological polar surface area (TPSA) is 92.1 Å². The Morgan fingerprint density at radius 3 is 2.05 bits per heavy atom. The summed E-state index contributed by atoms with van der Waals surface area (Å²) in [6.45, 7) is 0. The molecule has 0 bridgehead atoms. The molecule has 22 heavy (non-hydrogen) atoms. The molecular weight excluding hydrogens is 282 g/mol. The van der Waals surface area contributed by atoms with E-state index in [1.807, 2.05) is 24.3 Å². The number of aliphatic imine (C=N–C) groups is 1. The highest BCUT2D eigenvalue weighted by molar-refractivity contribution is 6.04. The van der Waals surface area contributed by atoms with Crippen LogP contribution in [0.1, 0.15) is 5.56 Å². The van der Waals surface area contributed by atoms with Crippen LogP contribution in [0.2, 0.25) is 0 Å². The molecule has 6 heteroatoms. The minimum Gasteiger partial charge on any atom is -0.497 e. The van der Waals surface area contributed by atoms with Gasteiger partial charge in [-0.25, -0.2) is 4.99 Å². The Morgan fingerprint density at radius 1 is 0.909 bits per heavy atom. The molecule has 0 saturated heterocycles. The van der Waals surface area contributed by atoms with Gasteiger partial charge in [0.15, 0.2) is 11.5 Å². The minimum atomic E-state index is 0.295. The zero-order valence-electron chi connectivity index (χ0n) is 12.8. The maximum Gasteiger partial charge on any atom is 0.162 e. The molecule has 2 rings (SSSR count). The Bertz CT molecular complexity index is 682. The Hall–Kier alpha value is -2.89. The summed E-state index contributed by atoms with van der Waals surface area (Å²) in [6.07, 6.45) is 0. The minimum absolute atomic E-state index is 0.295.